The van der Waals surface area contributed by atoms with E-state index in [1.165, 1.54) is 30.6 Å². The van der Waals surface area contributed by atoms with Crippen LogP contribution in [0.25, 0.3) is 0 Å². The molecule has 78 valence electrons. The summed E-state index contributed by atoms with van der Waals surface area (Å²) in [5.74, 6) is 0.902. The molecule has 1 N–H and O–H groups in total. The van der Waals surface area contributed by atoms with Crippen LogP contribution in [0.3, 0.4) is 0 Å². The van der Waals surface area contributed by atoms with Gasteiger partial charge in [-0.1, -0.05) is 6.92 Å². The summed E-state index contributed by atoms with van der Waals surface area (Å²) in [6.07, 6.45) is 5.93. The molecular weight excluding hydrogens is 174 g/mol. The molecule has 1 aliphatic rings. The molecule has 1 heterocycles. The van der Waals surface area contributed by atoms with Crippen molar-refractivity contribution in [3.63, 3.8) is 0 Å². The van der Waals surface area contributed by atoms with Gasteiger partial charge in [0.05, 0.1) is 17.6 Å². The fraction of sp³-hybridized carbons (Fsp3) is 0.727. The van der Waals surface area contributed by atoms with Gasteiger partial charge in [0.2, 0.25) is 0 Å². The van der Waals surface area contributed by atoms with Crippen LogP contribution in [0.2, 0.25) is 0 Å². The predicted molar refractivity (Wildman–Crippen MR) is 58.4 cm³/mol. The quantitative estimate of drug-likeness (QED) is 0.795. The molecule has 0 saturated heterocycles. The molecule has 1 saturated carbocycles. The Morgan fingerprint density at radius 1 is 1.64 bits per heavy atom. The summed E-state index contributed by atoms with van der Waals surface area (Å²) >= 11 is 0. The largest absolute Gasteiger partial charge is 0.379 e. The molecule has 1 aromatic rings. The van der Waals surface area contributed by atoms with Crippen molar-refractivity contribution in [2.24, 2.45) is 13.0 Å². The maximum atomic E-state index is 4.24. The van der Waals surface area contributed by atoms with Crippen molar-refractivity contribution in [3.05, 3.63) is 11.9 Å². The van der Waals surface area contributed by atoms with Gasteiger partial charge in [-0.25, -0.2) is 0 Å². The lowest BCUT2D eigenvalue weighted by atomic mass is 10.1. The summed E-state index contributed by atoms with van der Waals surface area (Å²) < 4.78 is 1.92. The SMILES string of the molecule is CCC(Nc1cnn(C)c1C)C1CC1. The van der Waals surface area contributed by atoms with Crippen molar-refractivity contribution in [2.45, 2.75) is 39.2 Å². The Balaban J connectivity index is 2.04. The molecule has 0 spiro atoms. The second-order valence-electron chi connectivity index (χ2n) is 4.26. The Bertz CT molecular complexity index is 312. The van der Waals surface area contributed by atoms with Crippen LogP contribution in [0.4, 0.5) is 5.69 Å². The molecule has 0 bridgehead atoms. The summed E-state index contributed by atoms with van der Waals surface area (Å²) in [4.78, 5) is 0. The molecular formula is C11H19N3. The number of anilines is 1. The second-order valence-corrected chi connectivity index (χ2v) is 4.26. The first-order valence-electron chi connectivity index (χ1n) is 5.47. The molecule has 0 radical (unpaired) electrons. The minimum absolute atomic E-state index is 0.651. The van der Waals surface area contributed by atoms with Gasteiger partial charge in [-0.15, -0.1) is 0 Å². The Kier molecular flexibility index (Phi) is 2.48. The van der Waals surface area contributed by atoms with Gasteiger partial charge >= 0.3 is 0 Å². The van der Waals surface area contributed by atoms with Crippen LogP contribution in [0.5, 0.6) is 0 Å². The molecule has 3 heteroatoms. The summed E-state index contributed by atoms with van der Waals surface area (Å²) in [6.45, 7) is 4.36. The van der Waals surface area contributed by atoms with Gasteiger partial charge in [0.15, 0.2) is 0 Å². The highest BCUT2D eigenvalue weighted by molar-refractivity contribution is 5.46. The Labute approximate surface area is 85.5 Å². The highest BCUT2D eigenvalue weighted by Gasteiger charge is 2.30. The zero-order valence-corrected chi connectivity index (χ0v) is 9.25. The minimum atomic E-state index is 0.651. The van der Waals surface area contributed by atoms with Gasteiger partial charge < -0.3 is 5.32 Å². The van der Waals surface area contributed by atoms with Crippen molar-refractivity contribution < 1.29 is 0 Å². The van der Waals surface area contributed by atoms with E-state index >= 15 is 0 Å². The number of aryl methyl sites for hydroxylation is 1. The third kappa shape index (κ3) is 1.76. The van der Waals surface area contributed by atoms with E-state index < -0.39 is 0 Å². The van der Waals surface area contributed by atoms with E-state index in [1.54, 1.807) is 0 Å². The number of hydrogen-bond donors (Lipinski definition) is 1. The standard InChI is InChI=1S/C11H19N3/c1-4-10(9-5-6-9)13-11-7-12-14(3)8(11)2/h7,9-10,13H,4-6H2,1-3H3. The van der Waals surface area contributed by atoms with E-state index in [2.05, 4.69) is 24.3 Å². The fourth-order valence-corrected chi connectivity index (χ4v) is 1.89. The Morgan fingerprint density at radius 2 is 2.36 bits per heavy atom. The summed E-state index contributed by atoms with van der Waals surface area (Å²) in [5, 5.41) is 7.83. The molecule has 0 aromatic carbocycles. The first-order valence-corrected chi connectivity index (χ1v) is 5.47. The van der Waals surface area contributed by atoms with Crippen LogP contribution in [-0.4, -0.2) is 15.8 Å². The number of nitrogens with zero attached hydrogens (tertiary/aromatic N) is 2. The first kappa shape index (κ1) is 9.56. The number of rotatable bonds is 4. The van der Waals surface area contributed by atoms with Crippen molar-refractivity contribution in [2.75, 3.05) is 5.32 Å². The third-order valence-electron chi connectivity index (χ3n) is 3.21. The summed E-state index contributed by atoms with van der Waals surface area (Å²) in [5.41, 5.74) is 2.43. The van der Waals surface area contributed by atoms with E-state index in [-0.39, 0.29) is 0 Å². The molecule has 1 aliphatic carbocycles. The molecule has 14 heavy (non-hydrogen) atoms. The Morgan fingerprint density at radius 3 is 2.79 bits per heavy atom. The van der Waals surface area contributed by atoms with E-state index in [0.29, 0.717) is 6.04 Å². The highest BCUT2D eigenvalue weighted by Crippen LogP contribution is 2.35. The Hall–Kier alpha value is -0.990. The van der Waals surface area contributed by atoms with E-state index in [4.69, 9.17) is 0 Å². The normalized spacial score (nSPS) is 18.2. The van der Waals surface area contributed by atoms with Crippen molar-refractivity contribution in [3.8, 4) is 0 Å². The van der Waals surface area contributed by atoms with Gasteiger partial charge in [0.25, 0.3) is 0 Å². The van der Waals surface area contributed by atoms with Crippen LogP contribution in [0.1, 0.15) is 31.9 Å². The second kappa shape index (κ2) is 3.64. The third-order valence-corrected chi connectivity index (χ3v) is 3.21. The van der Waals surface area contributed by atoms with Crippen molar-refractivity contribution in [1.29, 1.82) is 0 Å². The molecule has 1 atom stereocenters. The van der Waals surface area contributed by atoms with Crippen LogP contribution in [0.15, 0.2) is 6.20 Å². The predicted octanol–water partition coefficient (Wildman–Crippen LogP) is 2.33. The number of nitrogens with one attached hydrogen (secondary N) is 1. The van der Waals surface area contributed by atoms with E-state index in [1.807, 2.05) is 17.9 Å². The summed E-state index contributed by atoms with van der Waals surface area (Å²) in [6, 6.07) is 0.651. The van der Waals surface area contributed by atoms with Crippen LogP contribution < -0.4 is 5.32 Å². The van der Waals surface area contributed by atoms with Gasteiger partial charge in [-0.05, 0) is 32.1 Å². The molecule has 1 unspecified atom stereocenters. The van der Waals surface area contributed by atoms with Gasteiger partial charge in [-0.3, -0.25) is 4.68 Å². The van der Waals surface area contributed by atoms with E-state index in [0.717, 1.165) is 5.92 Å². The minimum Gasteiger partial charge on any atom is -0.379 e. The maximum Gasteiger partial charge on any atom is 0.0758 e. The fourth-order valence-electron chi connectivity index (χ4n) is 1.89. The first-order chi connectivity index (χ1) is 6.72. The van der Waals surface area contributed by atoms with Crippen LogP contribution in [-0.2, 0) is 7.05 Å². The summed E-state index contributed by atoms with van der Waals surface area (Å²) in [7, 11) is 1.98. The van der Waals surface area contributed by atoms with Gasteiger partial charge in [-0.2, -0.15) is 5.10 Å². The molecule has 0 amide bonds. The zero-order valence-electron chi connectivity index (χ0n) is 9.25. The molecule has 1 aromatic heterocycles. The lowest BCUT2D eigenvalue weighted by Crippen LogP contribution is -2.20. The topological polar surface area (TPSA) is 29.9 Å². The monoisotopic (exact) mass is 193 g/mol. The molecule has 2 rings (SSSR count). The van der Waals surface area contributed by atoms with Crippen molar-refractivity contribution in [1.82, 2.24) is 9.78 Å². The average molecular weight is 193 g/mol. The van der Waals surface area contributed by atoms with Crippen LogP contribution in [0, 0.1) is 12.8 Å². The zero-order chi connectivity index (χ0) is 10.1. The number of hydrogen-bond acceptors (Lipinski definition) is 2. The molecule has 1 fully saturated rings. The van der Waals surface area contributed by atoms with Crippen molar-refractivity contribution >= 4 is 5.69 Å². The highest BCUT2D eigenvalue weighted by atomic mass is 15.3. The molecule has 3 nitrogen and oxygen atoms in total. The van der Waals surface area contributed by atoms with Gasteiger partial charge in [0, 0.05) is 13.1 Å². The van der Waals surface area contributed by atoms with Crippen LogP contribution >= 0.6 is 0 Å². The van der Waals surface area contributed by atoms with Gasteiger partial charge in [0.1, 0.15) is 0 Å². The lowest BCUT2D eigenvalue weighted by Gasteiger charge is -2.16. The smallest absolute Gasteiger partial charge is 0.0758 e. The lowest BCUT2D eigenvalue weighted by molar-refractivity contribution is 0.615. The average Bonchev–Trinajstić information content (AvgIpc) is 2.96. The maximum absolute atomic E-state index is 4.24. The molecule has 0 aliphatic heterocycles. The van der Waals surface area contributed by atoms with E-state index in [9.17, 15) is 0 Å². The number of aromatic nitrogens is 2.